The number of amides is 2. The Morgan fingerprint density at radius 3 is 2.92 bits per heavy atom. The Bertz CT molecular complexity index is 602. The van der Waals surface area contributed by atoms with Gasteiger partial charge in [0.1, 0.15) is 0 Å². The number of piperidine rings is 1. The summed E-state index contributed by atoms with van der Waals surface area (Å²) in [5.41, 5.74) is 0.627. The summed E-state index contributed by atoms with van der Waals surface area (Å²) in [7, 11) is 0. The average Bonchev–Trinajstić information content (AvgIpc) is 3.14. The summed E-state index contributed by atoms with van der Waals surface area (Å²) in [5.74, 6) is 0.420. The minimum atomic E-state index is -0.0437. The van der Waals surface area contributed by atoms with Crippen LogP contribution in [0, 0.1) is 5.92 Å². The fraction of sp³-hybridized carbons (Fsp3) is 0.556. The summed E-state index contributed by atoms with van der Waals surface area (Å²) in [6.07, 6.45) is 3.98. The predicted octanol–water partition coefficient (Wildman–Crippen LogP) is 2.06. The summed E-state index contributed by atoms with van der Waals surface area (Å²) in [6.45, 7) is 3.00. The van der Waals surface area contributed by atoms with Gasteiger partial charge in [-0.3, -0.25) is 9.59 Å². The molecule has 5 nitrogen and oxygen atoms in total. The van der Waals surface area contributed by atoms with E-state index < -0.39 is 0 Å². The second-order valence-electron chi connectivity index (χ2n) is 6.66. The van der Waals surface area contributed by atoms with Crippen LogP contribution in [0.15, 0.2) is 24.3 Å². The summed E-state index contributed by atoms with van der Waals surface area (Å²) < 4.78 is 0. The summed E-state index contributed by atoms with van der Waals surface area (Å²) in [5, 5.41) is 6.83. The topological polar surface area (TPSA) is 61.4 Å². The van der Waals surface area contributed by atoms with Crippen LogP contribution in [0.3, 0.4) is 0 Å². The van der Waals surface area contributed by atoms with Crippen LogP contribution in [0.25, 0.3) is 0 Å². The molecule has 3 rings (SSSR count). The van der Waals surface area contributed by atoms with Gasteiger partial charge in [-0.1, -0.05) is 17.7 Å². The molecule has 6 heteroatoms. The van der Waals surface area contributed by atoms with E-state index in [1.807, 2.05) is 4.90 Å². The number of likely N-dealkylation sites (tertiary alicyclic amines) is 1. The maximum absolute atomic E-state index is 12.6. The molecule has 0 bridgehead atoms. The van der Waals surface area contributed by atoms with E-state index in [0.717, 1.165) is 38.8 Å². The average molecular weight is 350 g/mol. The molecule has 0 saturated carbocycles. The fourth-order valence-corrected chi connectivity index (χ4v) is 3.69. The van der Waals surface area contributed by atoms with Gasteiger partial charge in [0.25, 0.3) is 5.91 Å². The molecule has 0 unspecified atom stereocenters. The van der Waals surface area contributed by atoms with Crippen molar-refractivity contribution in [3.05, 3.63) is 34.9 Å². The molecule has 1 aromatic carbocycles. The third-order valence-corrected chi connectivity index (χ3v) is 5.05. The maximum Gasteiger partial charge on any atom is 0.253 e. The van der Waals surface area contributed by atoms with Crippen molar-refractivity contribution < 1.29 is 9.59 Å². The molecular weight excluding hydrogens is 326 g/mol. The largest absolute Gasteiger partial charge is 0.354 e. The van der Waals surface area contributed by atoms with Gasteiger partial charge < -0.3 is 15.5 Å². The summed E-state index contributed by atoms with van der Waals surface area (Å²) in [6, 6.07) is 7.03. The van der Waals surface area contributed by atoms with E-state index in [1.165, 1.54) is 0 Å². The molecule has 24 heavy (non-hydrogen) atoms. The summed E-state index contributed by atoms with van der Waals surface area (Å²) >= 11 is 5.98. The van der Waals surface area contributed by atoms with Gasteiger partial charge in [-0.05, 0) is 56.3 Å². The molecule has 130 valence electrons. The lowest BCUT2D eigenvalue weighted by molar-refractivity contribution is -0.123. The van der Waals surface area contributed by atoms with E-state index in [9.17, 15) is 9.59 Å². The van der Waals surface area contributed by atoms with Crippen molar-refractivity contribution in [3.63, 3.8) is 0 Å². The zero-order valence-corrected chi connectivity index (χ0v) is 14.5. The highest BCUT2D eigenvalue weighted by Gasteiger charge is 2.26. The minimum absolute atomic E-state index is 0.0194. The van der Waals surface area contributed by atoms with Crippen molar-refractivity contribution in [2.45, 2.75) is 31.7 Å². The van der Waals surface area contributed by atoms with Crippen molar-refractivity contribution in [2.24, 2.45) is 5.92 Å². The fourth-order valence-electron chi connectivity index (χ4n) is 3.50. The molecule has 0 spiro atoms. The minimum Gasteiger partial charge on any atom is -0.354 e. The molecule has 2 N–H and O–H groups in total. The Hall–Kier alpha value is -1.59. The van der Waals surface area contributed by atoms with Crippen LogP contribution in [0.4, 0.5) is 0 Å². The van der Waals surface area contributed by atoms with Gasteiger partial charge in [0.2, 0.25) is 5.91 Å². The number of nitrogens with one attached hydrogen (secondary N) is 2. The van der Waals surface area contributed by atoms with E-state index in [2.05, 4.69) is 10.6 Å². The molecule has 2 heterocycles. The monoisotopic (exact) mass is 349 g/mol. The first-order valence-electron chi connectivity index (χ1n) is 8.69. The first-order chi connectivity index (χ1) is 11.6. The van der Waals surface area contributed by atoms with E-state index >= 15 is 0 Å². The van der Waals surface area contributed by atoms with Crippen LogP contribution in [0.1, 0.15) is 36.0 Å². The van der Waals surface area contributed by atoms with E-state index in [-0.39, 0.29) is 17.9 Å². The van der Waals surface area contributed by atoms with Gasteiger partial charge in [0.15, 0.2) is 0 Å². The van der Waals surface area contributed by atoms with Crippen molar-refractivity contribution in [1.82, 2.24) is 15.5 Å². The van der Waals surface area contributed by atoms with E-state index in [1.54, 1.807) is 24.3 Å². The Balaban J connectivity index is 1.52. The molecule has 0 radical (unpaired) electrons. The van der Waals surface area contributed by atoms with Gasteiger partial charge in [-0.25, -0.2) is 0 Å². The second-order valence-corrected chi connectivity index (χ2v) is 7.10. The van der Waals surface area contributed by atoms with Gasteiger partial charge >= 0.3 is 0 Å². The lowest BCUT2D eigenvalue weighted by atomic mass is 9.97. The summed E-state index contributed by atoms with van der Waals surface area (Å²) in [4.78, 5) is 26.6. The molecule has 2 fully saturated rings. The van der Waals surface area contributed by atoms with Gasteiger partial charge in [-0.2, -0.15) is 0 Å². The lowest BCUT2D eigenvalue weighted by Crippen LogP contribution is -2.46. The van der Waals surface area contributed by atoms with Crippen molar-refractivity contribution in [3.8, 4) is 0 Å². The first kappa shape index (κ1) is 17.2. The molecule has 0 aromatic heterocycles. The smallest absolute Gasteiger partial charge is 0.253 e. The SMILES string of the molecule is O=C(NC[C@H]1CCCN(C(=O)c2cccc(Cl)c2)C1)[C@@H]1CCCN1. The standard InChI is InChI=1S/C18H24ClN3O2/c19-15-6-1-5-14(10-15)18(24)22-9-3-4-13(12-22)11-21-17(23)16-7-2-8-20-16/h1,5-6,10,13,16,20H,2-4,7-9,11-12H2,(H,21,23)/t13-,16+/m1/s1. The number of nitrogens with zero attached hydrogens (tertiary/aromatic N) is 1. The molecule has 0 aliphatic carbocycles. The van der Waals surface area contributed by atoms with Gasteiger partial charge in [0.05, 0.1) is 6.04 Å². The molecule has 2 atom stereocenters. The number of halogens is 1. The van der Waals surface area contributed by atoms with Crippen molar-refractivity contribution >= 4 is 23.4 Å². The maximum atomic E-state index is 12.6. The zero-order chi connectivity index (χ0) is 16.9. The molecule has 2 aliphatic rings. The van der Waals surface area contributed by atoms with Gasteiger partial charge in [-0.15, -0.1) is 0 Å². The highest BCUT2D eigenvalue weighted by atomic mass is 35.5. The third kappa shape index (κ3) is 4.28. The van der Waals surface area contributed by atoms with Crippen LogP contribution < -0.4 is 10.6 Å². The molecular formula is C18H24ClN3O2. The van der Waals surface area contributed by atoms with Crippen LogP contribution >= 0.6 is 11.6 Å². The second kappa shape index (κ2) is 7.99. The molecule has 1 aromatic rings. The first-order valence-corrected chi connectivity index (χ1v) is 9.07. The Morgan fingerprint density at radius 1 is 1.29 bits per heavy atom. The number of hydrogen-bond acceptors (Lipinski definition) is 3. The zero-order valence-electron chi connectivity index (χ0n) is 13.8. The Kier molecular flexibility index (Phi) is 5.74. The number of benzene rings is 1. The number of carbonyl (C=O) groups is 2. The number of hydrogen-bond donors (Lipinski definition) is 2. The van der Waals surface area contributed by atoms with Crippen LogP contribution in [-0.4, -0.2) is 48.9 Å². The molecule has 2 aliphatic heterocycles. The predicted molar refractivity (Wildman–Crippen MR) is 94.1 cm³/mol. The Morgan fingerprint density at radius 2 is 2.17 bits per heavy atom. The lowest BCUT2D eigenvalue weighted by Gasteiger charge is -2.33. The van der Waals surface area contributed by atoms with Crippen LogP contribution in [0.5, 0.6) is 0 Å². The Labute approximate surface area is 147 Å². The highest BCUT2D eigenvalue weighted by Crippen LogP contribution is 2.20. The van der Waals surface area contributed by atoms with Gasteiger partial charge in [0, 0.05) is 30.2 Å². The van der Waals surface area contributed by atoms with E-state index in [4.69, 9.17) is 11.6 Å². The number of carbonyl (C=O) groups excluding carboxylic acids is 2. The van der Waals surface area contributed by atoms with Crippen molar-refractivity contribution in [2.75, 3.05) is 26.2 Å². The quantitative estimate of drug-likeness (QED) is 0.874. The molecule has 2 saturated heterocycles. The van der Waals surface area contributed by atoms with Crippen LogP contribution in [-0.2, 0) is 4.79 Å². The van der Waals surface area contributed by atoms with E-state index in [0.29, 0.717) is 29.6 Å². The highest BCUT2D eigenvalue weighted by molar-refractivity contribution is 6.30. The normalized spacial score (nSPS) is 24.0. The van der Waals surface area contributed by atoms with Crippen molar-refractivity contribution in [1.29, 1.82) is 0 Å². The third-order valence-electron chi connectivity index (χ3n) is 4.82. The van der Waals surface area contributed by atoms with Crippen LogP contribution in [0.2, 0.25) is 5.02 Å². The molecule has 2 amide bonds. The number of rotatable bonds is 4.